The Balaban J connectivity index is 1.63. The molecule has 0 aliphatic heterocycles. The highest BCUT2D eigenvalue weighted by molar-refractivity contribution is 6.30. The van der Waals surface area contributed by atoms with Crippen molar-refractivity contribution >= 4 is 23.5 Å². The molecule has 0 saturated heterocycles. The number of nitriles is 1. The summed E-state index contributed by atoms with van der Waals surface area (Å²) in [5, 5.41) is 8.78. The molecule has 0 spiro atoms. The van der Waals surface area contributed by atoms with Crippen LogP contribution in [0.15, 0.2) is 66.7 Å². The fraction of sp³-hybridized carbons (Fsp3) is 0.300. The van der Waals surface area contributed by atoms with Crippen molar-refractivity contribution in [2.75, 3.05) is 0 Å². The number of esters is 2. The van der Waals surface area contributed by atoms with Crippen LogP contribution < -0.4 is 9.47 Å². The van der Waals surface area contributed by atoms with Gasteiger partial charge in [-0.1, -0.05) is 63.9 Å². The van der Waals surface area contributed by atoms with Crippen molar-refractivity contribution < 1.29 is 19.1 Å². The molecule has 1 atom stereocenters. The Kier molecular flexibility index (Phi) is 9.67. The fourth-order valence-corrected chi connectivity index (χ4v) is 3.68. The molecule has 0 heterocycles. The van der Waals surface area contributed by atoms with E-state index in [2.05, 4.69) is 13.0 Å². The molecule has 0 radical (unpaired) electrons. The van der Waals surface area contributed by atoms with Gasteiger partial charge in [0, 0.05) is 0 Å². The number of halogens is 1. The number of carbonyl (C=O) groups excluding carboxylic acids is 2. The van der Waals surface area contributed by atoms with Crippen LogP contribution in [0.3, 0.4) is 0 Å². The number of rotatable bonds is 10. The second-order valence-electron chi connectivity index (χ2n) is 8.95. The maximum absolute atomic E-state index is 12.6. The van der Waals surface area contributed by atoms with E-state index in [0.717, 1.165) is 42.4 Å². The van der Waals surface area contributed by atoms with Crippen LogP contribution in [-0.4, -0.2) is 17.3 Å². The molecule has 0 aliphatic carbocycles. The van der Waals surface area contributed by atoms with E-state index in [-0.39, 0.29) is 5.92 Å². The number of benzene rings is 3. The predicted octanol–water partition coefficient (Wildman–Crippen LogP) is 7.35. The van der Waals surface area contributed by atoms with E-state index in [4.69, 9.17) is 21.1 Å². The Morgan fingerprint density at radius 1 is 0.889 bits per heavy atom. The quantitative estimate of drug-likeness (QED) is 0.125. The second-order valence-corrected chi connectivity index (χ2v) is 9.42. The largest absolute Gasteiger partial charge is 0.425 e. The fourth-order valence-electron chi connectivity index (χ4n) is 3.63. The van der Waals surface area contributed by atoms with E-state index in [1.165, 1.54) is 0 Å². The van der Waals surface area contributed by atoms with Crippen molar-refractivity contribution in [1.29, 1.82) is 5.26 Å². The van der Waals surface area contributed by atoms with Gasteiger partial charge in [-0.3, -0.25) is 4.79 Å². The van der Waals surface area contributed by atoms with Gasteiger partial charge in [-0.25, -0.2) is 4.79 Å². The molecule has 1 unspecified atom stereocenters. The minimum atomic E-state index is -0.699. The van der Waals surface area contributed by atoms with E-state index < -0.39 is 17.3 Å². The Labute approximate surface area is 217 Å². The van der Waals surface area contributed by atoms with Gasteiger partial charge < -0.3 is 9.47 Å². The molecule has 36 heavy (non-hydrogen) atoms. The molecule has 0 N–H and O–H groups in total. The van der Waals surface area contributed by atoms with E-state index in [0.29, 0.717) is 22.6 Å². The first-order valence-corrected chi connectivity index (χ1v) is 12.6. The third-order valence-electron chi connectivity index (χ3n) is 5.80. The van der Waals surface area contributed by atoms with Gasteiger partial charge >= 0.3 is 11.9 Å². The zero-order valence-electron chi connectivity index (χ0n) is 20.8. The maximum atomic E-state index is 12.6. The number of aryl methyl sites for hydroxylation is 1. The maximum Gasteiger partial charge on any atom is 0.343 e. The second kappa shape index (κ2) is 12.9. The molecule has 0 amide bonds. The van der Waals surface area contributed by atoms with Gasteiger partial charge in [0.1, 0.15) is 16.9 Å². The lowest BCUT2D eigenvalue weighted by Gasteiger charge is -2.12. The average molecular weight is 504 g/mol. The van der Waals surface area contributed by atoms with Gasteiger partial charge in [-0.05, 0) is 71.8 Å². The van der Waals surface area contributed by atoms with Gasteiger partial charge in [0.2, 0.25) is 0 Å². The van der Waals surface area contributed by atoms with Crippen LogP contribution in [0.25, 0.3) is 11.1 Å². The van der Waals surface area contributed by atoms with Crippen molar-refractivity contribution in [2.45, 2.75) is 51.8 Å². The number of nitrogens with zero attached hydrogens (tertiary/aromatic N) is 1. The molecule has 0 fully saturated rings. The Hall–Kier alpha value is -3.62. The first-order chi connectivity index (χ1) is 17.3. The number of hydrogen-bond acceptors (Lipinski definition) is 5. The molecule has 0 saturated carbocycles. The Morgan fingerprint density at radius 2 is 1.47 bits per heavy atom. The van der Waals surface area contributed by atoms with Gasteiger partial charge in [0.05, 0.1) is 17.2 Å². The van der Waals surface area contributed by atoms with Crippen LogP contribution in [0.5, 0.6) is 11.5 Å². The summed E-state index contributed by atoms with van der Waals surface area (Å²) in [5.74, 6) is -0.173. The molecule has 3 aromatic carbocycles. The SMILES string of the molecule is CCCCCc1ccc(C(=O)Oc2ccc(-c3ccc(OC(=O)C(Cl)C(C)C)cc3)cc2)cc1C#N. The molecule has 186 valence electrons. The number of ether oxygens (including phenoxy) is 2. The van der Waals surface area contributed by atoms with Crippen molar-refractivity contribution in [2.24, 2.45) is 5.92 Å². The molecule has 0 aromatic heterocycles. The third kappa shape index (κ3) is 7.19. The summed E-state index contributed by atoms with van der Waals surface area (Å²) >= 11 is 6.05. The van der Waals surface area contributed by atoms with Crippen LogP contribution in [0.2, 0.25) is 0 Å². The van der Waals surface area contributed by atoms with Crippen LogP contribution in [0, 0.1) is 17.2 Å². The number of hydrogen-bond donors (Lipinski definition) is 0. The summed E-state index contributed by atoms with van der Waals surface area (Å²) < 4.78 is 10.8. The van der Waals surface area contributed by atoms with Gasteiger partial charge in [-0.2, -0.15) is 5.26 Å². The highest BCUT2D eigenvalue weighted by Crippen LogP contribution is 2.26. The summed E-state index contributed by atoms with van der Waals surface area (Å²) in [6.07, 6.45) is 4.05. The lowest BCUT2D eigenvalue weighted by Crippen LogP contribution is -2.25. The standard InChI is InChI=1S/C30H30ClNO4/c1-4-5-6-7-21-8-9-24(18-25(21)19-32)29(33)35-26-14-10-22(11-15-26)23-12-16-27(17-13-23)36-30(34)28(31)20(2)3/h8-18,20,28H,4-7H2,1-3H3. The smallest absolute Gasteiger partial charge is 0.343 e. The van der Waals surface area contributed by atoms with Crippen LogP contribution in [0.4, 0.5) is 0 Å². The molecule has 6 heteroatoms. The van der Waals surface area contributed by atoms with Crippen LogP contribution in [0.1, 0.15) is 61.5 Å². The van der Waals surface area contributed by atoms with E-state index in [9.17, 15) is 14.9 Å². The molecule has 3 aromatic rings. The first kappa shape index (κ1) is 27.0. The van der Waals surface area contributed by atoms with E-state index >= 15 is 0 Å². The summed E-state index contributed by atoms with van der Waals surface area (Å²) in [4.78, 5) is 24.7. The Morgan fingerprint density at radius 3 is 2.00 bits per heavy atom. The predicted molar refractivity (Wildman–Crippen MR) is 141 cm³/mol. The van der Waals surface area contributed by atoms with Gasteiger partial charge in [-0.15, -0.1) is 11.6 Å². The molecule has 5 nitrogen and oxygen atoms in total. The van der Waals surface area contributed by atoms with Crippen molar-refractivity contribution in [1.82, 2.24) is 0 Å². The highest BCUT2D eigenvalue weighted by Gasteiger charge is 2.21. The topological polar surface area (TPSA) is 76.4 Å². The minimum absolute atomic E-state index is 0.0191. The molecule has 3 rings (SSSR count). The minimum Gasteiger partial charge on any atom is -0.425 e. The van der Waals surface area contributed by atoms with E-state index in [1.54, 1.807) is 36.4 Å². The molecular weight excluding hydrogens is 474 g/mol. The number of unbranched alkanes of at least 4 members (excludes halogenated alkanes) is 2. The normalized spacial score (nSPS) is 11.6. The van der Waals surface area contributed by atoms with Gasteiger partial charge in [0.25, 0.3) is 0 Å². The third-order valence-corrected chi connectivity index (χ3v) is 6.48. The van der Waals surface area contributed by atoms with Crippen LogP contribution >= 0.6 is 11.6 Å². The summed E-state index contributed by atoms with van der Waals surface area (Å²) in [6, 6.07) is 21.6. The zero-order valence-corrected chi connectivity index (χ0v) is 21.5. The molecule has 0 aliphatic rings. The average Bonchev–Trinajstić information content (AvgIpc) is 2.89. The van der Waals surface area contributed by atoms with Crippen molar-refractivity contribution in [3.8, 4) is 28.7 Å². The zero-order chi connectivity index (χ0) is 26.1. The summed E-state index contributed by atoms with van der Waals surface area (Å²) in [5.41, 5.74) is 3.63. The molecular formula is C30H30ClNO4. The van der Waals surface area contributed by atoms with Crippen LogP contribution in [-0.2, 0) is 11.2 Å². The highest BCUT2D eigenvalue weighted by atomic mass is 35.5. The summed E-state index contributed by atoms with van der Waals surface area (Å²) in [7, 11) is 0. The lowest BCUT2D eigenvalue weighted by molar-refractivity contribution is -0.134. The first-order valence-electron chi connectivity index (χ1n) is 12.1. The number of carbonyl (C=O) groups is 2. The number of alkyl halides is 1. The van der Waals surface area contributed by atoms with E-state index in [1.807, 2.05) is 44.2 Å². The summed E-state index contributed by atoms with van der Waals surface area (Å²) in [6.45, 7) is 5.85. The van der Waals surface area contributed by atoms with Crippen molar-refractivity contribution in [3.63, 3.8) is 0 Å². The lowest BCUT2D eigenvalue weighted by atomic mass is 9.99. The van der Waals surface area contributed by atoms with Gasteiger partial charge in [0.15, 0.2) is 0 Å². The Bertz CT molecular complexity index is 1230. The monoisotopic (exact) mass is 503 g/mol. The van der Waals surface area contributed by atoms with Crippen molar-refractivity contribution in [3.05, 3.63) is 83.4 Å². The molecule has 0 bridgehead atoms.